The standard InChI is InChI=1S/C21H22N4O2.ClH/c1-25-13-18(15-8-10-16(11-9-15)20(22)23)24-21(25)17-6-3-14(4-7-17)5-12-19(26)27-2;/h3-4,6-11,13H,5,12H2,1-2H3,(H3,22,23);1H. The molecule has 0 radical (unpaired) electrons. The summed E-state index contributed by atoms with van der Waals surface area (Å²) in [5.41, 5.74) is 10.1. The Balaban J connectivity index is 0.00000280. The molecule has 0 unspecified atom stereocenters. The second-order valence-electron chi connectivity index (χ2n) is 6.32. The lowest BCUT2D eigenvalue weighted by molar-refractivity contribution is -0.140. The van der Waals surface area contributed by atoms with Gasteiger partial charge in [-0.3, -0.25) is 10.2 Å². The van der Waals surface area contributed by atoms with Gasteiger partial charge in [-0.05, 0) is 12.0 Å². The van der Waals surface area contributed by atoms with Crippen LogP contribution in [0.25, 0.3) is 22.6 Å². The van der Waals surface area contributed by atoms with Crippen LogP contribution >= 0.6 is 12.4 Å². The van der Waals surface area contributed by atoms with Crippen molar-refractivity contribution in [1.82, 2.24) is 9.55 Å². The Morgan fingerprint density at radius 2 is 1.71 bits per heavy atom. The van der Waals surface area contributed by atoms with E-state index in [-0.39, 0.29) is 24.2 Å². The number of nitrogen functional groups attached to an aromatic ring is 1. The predicted molar refractivity (Wildman–Crippen MR) is 113 cm³/mol. The van der Waals surface area contributed by atoms with Crippen LogP contribution in [0, 0.1) is 5.41 Å². The smallest absolute Gasteiger partial charge is 0.305 e. The third kappa shape index (κ3) is 4.78. The summed E-state index contributed by atoms with van der Waals surface area (Å²) in [7, 11) is 3.36. The third-order valence-corrected chi connectivity index (χ3v) is 4.43. The van der Waals surface area contributed by atoms with E-state index in [0.29, 0.717) is 18.4 Å². The van der Waals surface area contributed by atoms with Gasteiger partial charge in [0.2, 0.25) is 0 Å². The van der Waals surface area contributed by atoms with Crippen LogP contribution in [0.15, 0.2) is 54.7 Å². The highest BCUT2D eigenvalue weighted by molar-refractivity contribution is 5.95. The number of hydrogen-bond acceptors (Lipinski definition) is 4. The van der Waals surface area contributed by atoms with E-state index in [2.05, 4.69) is 4.74 Å². The quantitative estimate of drug-likeness (QED) is 0.377. The fraction of sp³-hybridized carbons (Fsp3) is 0.190. The predicted octanol–water partition coefficient (Wildman–Crippen LogP) is 3.57. The molecular formula is C21H23ClN4O2. The molecule has 6 nitrogen and oxygen atoms in total. The van der Waals surface area contributed by atoms with E-state index in [1.807, 2.05) is 66.3 Å². The van der Waals surface area contributed by atoms with Gasteiger partial charge in [0, 0.05) is 36.4 Å². The Bertz CT molecular complexity index is 963. The number of nitrogens with zero attached hydrogens (tertiary/aromatic N) is 2. The van der Waals surface area contributed by atoms with Crippen LogP contribution in [0.3, 0.4) is 0 Å². The molecule has 0 aliphatic heterocycles. The maximum Gasteiger partial charge on any atom is 0.305 e. The molecule has 7 heteroatoms. The first-order valence-corrected chi connectivity index (χ1v) is 8.62. The molecule has 3 N–H and O–H groups in total. The van der Waals surface area contributed by atoms with E-state index < -0.39 is 0 Å². The van der Waals surface area contributed by atoms with Gasteiger partial charge in [0.25, 0.3) is 0 Å². The molecule has 3 aromatic rings. The second-order valence-corrected chi connectivity index (χ2v) is 6.32. The van der Waals surface area contributed by atoms with Gasteiger partial charge in [0.15, 0.2) is 0 Å². The fourth-order valence-electron chi connectivity index (χ4n) is 2.86. The Hall–Kier alpha value is -3.12. The van der Waals surface area contributed by atoms with Crippen molar-refractivity contribution in [3.8, 4) is 22.6 Å². The Labute approximate surface area is 170 Å². The molecule has 0 aliphatic rings. The van der Waals surface area contributed by atoms with Crippen molar-refractivity contribution in [1.29, 1.82) is 5.41 Å². The minimum absolute atomic E-state index is 0. The van der Waals surface area contributed by atoms with Crippen molar-refractivity contribution < 1.29 is 9.53 Å². The summed E-state index contributed by atoms with van der Waals surface area (Å²) in [5, 5.41) is 7.48. The lowest BCUT2D eigenvalue weighted by atomic mass is 10.1. The van der Waals surface area contributed by atoms with Crippen LogP contribution < -0.4 is 5.73 Å². The summed E-state index contributed by atoms with van der Waals surface area (Å²) >= 11 is 0. The van der Waals surface area contributed by atoms with E-state index in [4.69, 9.17) is 16.1 Å². The van der Waals surface area contributed by atoms with Crippen LogP contribution in [0.2, 0.25) is 0 Å². The molecule has 0 saturated carbocycles. The highest BCUT2D eigenvalue weighted by Gasteiger charge is 2.10. The van der Waals surface area contributed by atoms with Crippen molar-refractivity contribution in [3.05, 3.63) is 65.9 Å². The summed E-state index contributed by atoms with van der Waals surface area (Å²) in [6.45, 7) is 0. The average Bonchev–Trinajstić information content (AvgIpc) is 3.08. The fourth-order valence-corrected chi connectivity index (χ4v) is 2.86. The molecular weight excluding hydrogens is 376 g/mol. The average molecular weight is 399 g/mol. The van der Waals surface area contributed by atoms with Crippen molar-refractivity contribution in [2.45, 2.75) is 12.8 Å². The Morgan fingerprint density at radius 1 is 1.11 bits per heavy atom. The van der Waals surface area contributed by atoms with Crippen LogP contribution in [0.4, 0.5) is 0 Å². The maximum atomic E-state index is 11.3. The zero-order valence-electron chi connectivity index (χ0n) is 15.8. The highest BCUT2D eigenvalue weighted by Crippen LogP contribution is 2.25. The molecule has 0 fully saturated rings. The number of aromatic nitrogens is 2. The van der Waals surface area contributed by atoms with Gasteiger partial charge in [0.05, 0.1) is 12.8 Å². The third-order valence-electron chi connectivity index (χ3n) is 4.43. The van der Waals surface area contributed by atoms with Crippen LogP contribution in [0.1, 0.15) is 17.5 Å². The van der Waals surface area contributed by atoms with E-state index in [0.717, 1.165) is 28.2 Å². The van der Waals surface area contributed by atoms with Crippen LogP contribution in [0.5, 0.6) is 0 Å². The number of nitrogens with one attached hydrogen (secondary N) is 1. The molecule has 3 rings (SSSR count). The number of ether oxygens (including phenoxy) is 1. The summed E-state index contributed by atoms with van der Waals surface area (Å²) in [5.74, 6) is 0.708. The molecule has 2 aromatic carbocycles. The van der Waals surface area contributed by atoms with E-state index in [9.17, 15) is 4.79 Å². The molecule has 0 amide bonds. The second kappa shape index (κ2) is 9.19. The molecule has 1 heterocycles. The minimum atomic E-state index is -0.205. The van der Waals surface area contributed by atoms with Gasteiger partial charge < -0.3 is 15.0 Å². The zero-order chi connectivity index (χ0) is 19.4. The highest BCUT2D eigenvalue weighted by atomic mass is 35.5. The Morgan fingerprint density at radius 3 is 2.29 bits per heavy atom. The van der Waals surface area contributed by atoms with E-state index >= 15 is 0 Å². The number of carbonyl (C=O) groups excluding carboxylic acids is 1. The van der Waals surface area contributed by atoms with Gasteiger partial charge in [-0.2, -0.15) is 0 Å². The van der Waals surface area contributed by atoms with E-state index in [1.54, 1.807) is 0 Å². The number of benzene rings is 2. The summed E-state index contributed by atoms with van der Waals surface area (Å²) in [6, 6.07) is 15.5. The number of imidazole rings is 1. The number of hydrogen-bond donors (Lipinski definition) is 2. The largest absolute Gasteiger partial charge is 0.469 e. The number of esters is 1. The van der Waals surface area contributed by atoms with Crippen molar-refractivity contribution >= 4 is 24.2 Å². The number of methoxy groups -OCH3 is 1. The van der Waals surface area contributed by atoms with Crippen LogP contribution in [-0.2, 0) is 23.0 Å². The van der Waals surface area contributed by atoms with Gasteiger partial charge >= 0.3 is 5.97 Å². The molecule has 0 atom stereocenters. The SMILES string of the molecule is COC(=O)CCc1ccc(-c2nc(-c3ccc(C(=N)N)cc3)cn2C)cc1.Cl. The van der Waals surface area contributed by atoms with Gasteiger partial charge in [-0.15, -0.1) is 12.4 Å². The molecule has 146 valence electrons. The molecule has 1 aromatic heterocycles. The van der Waals surface area contributed by atoms with Crippen molar-refractivity contribution in [2.24, 2.45) is 12.8 Å². The number of halogens is 1. The first-order valence-electron chi connectivity index (χ1n) is 8.62. The number of rotatable bonds is 6. The first-order chi connectivity index (χ1) is 13.0. The lowest BCUT2D eigenvalue weighted by Gasteiger charge is -2.04. The number of amidine groups is 1. The molecule has 0 saturated heterocycles. The molecule has 28 heavy (non-hydrogen) atoms. The minimum Gasteiger partial charge on any atom is -0.469 e. The monoisotopic (exact) mass is 398 g/mol. The Kier molecular flexibility index (Phi) is 6.95. The van der Waals surface area contributed by atoms with Crippen molar-refractivity contribution in [3.63, 3.8) is 0 Å². The summed E-state index contributed by atoms with van der Waals surface area (Å²) in [6.07, 6.45) is 3.00. The summed E-state index contributed by atoms with van der Waals surface area (Å²) < 4.78 is 6.66. The maximum absolute atomic E-state index is 11.3. The normalized spacial score (nSPS) is 10.2. The van der Waals surface area contributed by atoms with Crippen LogP contribution in [-0.4, -0.2) is 28.5 Å². The van der Waals surface area contributed by atoms with Gasteiger partial charge in [0.1, 0.15) is 11.7 Å². The number of carbonyl (C=O) groups is 1. The van der Waals surface area contributed by atoms with Gasteiger partial charge in [-0.25, -0.2) is 4.98 Å². The molecule has 0 bridgehead atoms. The number of aryl methyl sites for hydroxylation is 2. The summed E-state index contributed by atoms with van der Waals surface area (Å²) in [4.78, 5) is 16.0. The topological polar surface area (TPSA) is 94.0 Å². The lowest BCUT2D eigenvalue weighted by Crippen LogP contribution is -2.10. The first kappa shape index (κ1) is 21.2. The molecule has 0 spiro atoms. The van der Waals surface area contributed by atoms with E-state index in [1.165, 1.54) is 7.11 Å². The zero-order valence-corrected chi connectivity index (χ0v) is 16.6. The molecule has 0 aliphatic carbocycles. The van der Waals surface area contributed by atoms with Gasteiger partial charge in [-0.1, -0.05) is 48.5 Å². The number of nitrogens with two attached hydrogens (primary N) is 1. The van der Waals surface area contributed by atoms with Crippen molar-refractivity contribution in [2.75, 3.05) is 7.11 Å².